The molecule has 0 saturated heterocycles. The molecule has 0 aliphatic heterocycles. The Balaban J connectivity index is 2.60. The first kappa shape index (κ1) is 12.5. The average molecular weight is 341 g/mol. The van der Waals surface area contributed by atoms with Gasteiger partial charge in [-0.15, -0.1) is 0 Å². The third kappa shape index (κ3) is 4.23. The molecule has 1 rings (SSSR count). The maximum atomic E-state index is 11.2. The molecule has 0 saturated carbocycles. The summed E-state index contributed by atoms with van der Waals surface area (Å²) in [6.07, 6.45) is 0. The lowest BCUT2D eigenvalue weighted by atomic mass is 10.3. The van der Waals surface area contributed by atoms with Gasteiger partial charge in [-0.3, -0.25) is 0 Å². The van der Waals surface area contributed by atoms with Crippen LogP contribution >= 0.6 is 34.2 Å². The van der Waals surface area contributed by atoms with Crippen LogP contribution in [0.5, 0.6) is 0 Å². The van der Waals surface area contributed by atoms with Gasteiger partial charge < -0.3 is 15.7 Å². The van der Waals surface area contributed by atoms with Gasteiger partial charge >= 0.3 is 6.03 Å². The topological polar surface area (TPSA) is 61.4 Å². The number of halogens is 2. The van der Waals surface area contributed by atoms with E-state index < -0.39 is 0 Å². The molecule has 0 atom stereocenters. The molecule has 0 aromatic heterocycles. The standard InChI is InChI=1S/C9H10ClIN2O2/c10-7-5-6(11)1-2-8(7)13-9(15)12-3-4-14/h1-2,5,14H,3-4H2,(H2,12,13,15). The maximum Gasteiger partial charge on any atom is 0.319 e. The highest BCUT2D eigenvalue weighted by atomic mass is 127. The molecule has 0 radical (unpaired) electrons. The van der Waals surface area contributed by atoms with E-state index in [-0.39, 0.29) is 19.2 Å². The largest absolute Gasteiger partial charge is 0.395 e. The van der Waals surface area contributed by atoms with E-state index in [1.54, 1.807) is 12.1 Å². The number of carbonyl (C=O) groups is 1. The minimum Gasteiger partial charge on any atom is -0.395 e. The summed E-state index contributed by atoms with van der Waals surface area (Å²) in [4.78, 5) is 11.2. The number of amides is 2. The summed E-state index contributed by atoms with van der Waals surface area (Å²) in [5.41, 5.74) is 0.549. The molecule has 15 heavy (non-hydrogen) atoms. The zero-order valence-corrected chi connectivity index (χ0v) is 10.7. The Labute approximate surface area is 106 Å². The number of urea groups is 1. The van der Waals surface area contributed by atoms with Crippen LogP contribution < -0.4 is 10.6 Å². The van der Waals surface area contributed by atoms with Crippen LogP contribution in [0.25, 0.3) is 0 Å². The van der Waals surface area contributed by atoms with E-state index in [1.807, 2.05) is 6.07 Å². The Bertz CT molecular complexity index is 360. The quantitative estimate of drug-likeness (QED) is 0.738. The molecule has 2 amide bonds. The normalized spacial score (nSPS) is 9.80. The lowest BCUT2D eigenvalue weighted by Gasteiger charge is -2.08. The first-order chi connectivity index (χ1) is 7.13. The van der Waals surface area contributed by atoms with Crippen molar-refractivity contribution in [1.82, 2.24) is 5.32 Å². The molecule has 82 valence electrons. The average Bonchev–Trinajstić information content (AvgIpc) is 2.19. The Morgan fingerprint density at radius 1 is 1.53 bits per heavy atom. The van der Waals surface area contributed by atoms with Crippen LogP contribution in [0, 0.1) is 3.57 Å². The predicted octanol–water partition coefficient (Wildman–Crippen LogP) is 2.06. The predicted molar refractivity (Wildman–Crippen MR) is 68.3 cm³/mol. The molecule has 0 aliphatic carbocycles. The Morgan fingerprint density at radius 2 is 2.27 bits per heavy atom. The van der Waals surface area contributed by atoms with Crippen LogP contribution in [-0.4, -0.2) is 24.3 Å². The van der Waals surface area contributed by atoms with Crippen LogP contribution in [0.4, 0.5) is 10.5 Å². The van der Waals surface area contributed by atoms with Gasteiger partial charge in [0, 0.05) is 10.1 Å². The van der Waals surface area contributed by atoms with Crippen LogP contribution in [-0.2, 0) is 0 Å². The molecule has 0 heterocycles. The highest BCUT2D eigenvalue weighted by Crippen LogP contribution is 2.23. The summed E-state index contributed by atoms with van der Waals surface area (Å²) >= 11 is 8.04. The number of benzene rings is 1. The van der Waals surface area contributed by atoms with Gasteiger partial charge in [0.05, 0.1) is 17.3 Å². The van der Waals surface area contributed by atoms with Gasteiger partial charge in [-0.1, -0.05) is 11.6 Å². The van der Waals surface area contributed by atoms with Crippen molar-refractivity contribution < 1.29 is 9.90 Å². The minimum absolute atomic E-state index is 0.0894. The Kier molecular flexibility index (Phi) is 5.13. The van der Waals surface area contributed by atoms with Gasteiger partial charge in [-0.2, -0.15) is 0 Å². The number of aliphatic hydroxyl groups excluding tert-OH is 1. The molecule has 0 fully saturated rings. The van der Waals surface area contributed by atoms with Gasteiger partial charge in [0.1, 0.15) is 0 Å². The summed E-state index contributed by atoms with van der Waals surface area (Å²) in [5, 5.41) is 14.0. The van der Waals surface area contributed by atoms with Crippen LogP contribution in [0.2, 0.25) is 5.02 Å². The lowest BCUT2D eigenvalue weighted by molar-refractivity contribution is 0.245. The Morgan fingerprint density at radius 3 is 2.87 bits per heavy atom. The molecule has 0 aliphatic rings. The number of hydrogen-bond donors (Lipinski definition) is 3. The summed E-state index contributed by atoms with van der Waals surface area (Å²) in [6, 6.07) is 4.94. The molecule has 0 unspecified atom stereocenters. The number of aliphatic hydroxyl groups is 1. The minimum atomic E-state index is -0.382. The van der Waals surface area contributed by atoms with Crippen molar-refractivity contribution in [3.8, 4) is 0 Å². The maximum absolute atomic E-state index is 11.2. The number of nitrogens with one attached hydrogen (secondary N) is 2. The molecule has 3 N–H and O–H groups in total. The number of rotatable bonds is 3. The first-order valence-corrected chi connectivity index (χ1v) is 5.70. The summed E-state index contributed by atoms with van der Waals surface area (Å²) < 4.78 is 0.999. The number of carbonyl (C=O) groups excluding carboxylic acids is 1. The van der Waals surface area contributed by atoms with E-state index in [0.717, 1.165) is 3.57 Å². The molecule has 6 heteroatoms. The molecule has 0 spiro atoms. The fraction of sp³-hybridized carbons (Fsp3) is 0.222. The van der Waals surface area contributed by atoms with Gasteiger partial charge in [0.15, 0.2) is 0 Å². The van der Waals surface area contributed by atoms with E-state index in [1.165, 1.54) is 0 Å². The second-order valence-electron chi connectivity index (χ2n) is 2.73. The highest BCUT2D eigenvalue weighted by molar-refractivity contribution is 14.1. The Hall–Kier alpha value is -0.530. The second kappa shape index (κ2) is 6.14. The summed E-state index contributed by atoms with van der Waals surface area (Å²) in [5.74, 6) is 0. The van der Waals surface area contributed by atoms with E-state index in [9.17, 15) is 4.79 Å². The van der Waals surface area contributed by atoms with E-state index in [2.05, 4.69) is 33.2 Å². The first-order valence-electron chi connectivity index (χ1n) is 4.24. The van der Waals surface area contributed by atoms with E-state index in [4.69, 9.17) is 16.7 Å². The van der Waals surface area contributed by atoms with Crippen molar-refractivity contribution in [3.63, 3.8) is 0 Å². The molecule has 1 aromatic carbocycles. The molecule has 0 bridgehead atoms. The molecule has 4 nitrogen and oxygen atoms in total. The molecular weight excluding hydrogens is 330 g/mol. The van der Waals surface area contributed by atoms with Crippen molar-refractivity contribution >= 4 is 45.9 Å². The van der Waals surface area contributed by atoms with E-state index in [0.29, 0.717) is 10.7 Å². The van der Waals surface area contributed by atoms with E-state index >= 15 is 0 Å². The van der Waals surface area contributed by atoms with Crippen molar-refractivity contribution in [1.29, 1.82) is 0 Å². The molecule has 1 aromatic rings. The van der Waals surface area contributed by atoms with Crippen molar-refractivity contribution in [2.24, 2.45) is 0 Å². The third-order valence-corrected chi connectivity index (χ3v) is 2.56. The summed E-state index contributed by atoms with van der Waals surface area (Å²) in [7, 11) is 0. The zero-order valence-electron chi connectivity index (χ0n) is 7.76. The third-order valence-electron chi connectivity index (χ3n) is 1.58. The highest BCUT2D eigenvalue weighted by Gasteiger charge is 2.04. The van der Waals surface area contributed by atoms with Gasteiger partial charge in [0.2, 0.25) is 0 Å². The van der Waals surface area contributed by atoms with Gasteiger partial charge in [-0.05, 0) is 40.8 Å². The monoisotopic (exact) mass is 340 g/mol. The smallest absolute Gasteiger partial charge is 0.319 e. The summed E-state index contributed by atoms with van der Waals surface area (Å²) in [6.45, 7) is 0.127. The number of hydrogen-bond acceptors (Lipinski definition) is 2. The van der Waals surface area contributed by atoms with Crippen molar-refractivity contribution in [3.05, 3.63) is 26.8 Å². The van der Waals surface area contributed by atoms with Crippen LogP contribution in [0.1, 0.15) is 0 Å². The SMILES string of the molecule is O=C(NCCO)Nc1ccc(I)cc1Cl. The number of anilines is 1. The van der Waals surface area contributed by atoms with Gasteiger partial charge in [-0.25, -0.2) is 4.79 Å². The van der Waals surface area contributed by atoms with Gasteiger partial charge in [0.25, 0.3) is 0 Å². The van der Waals surface area contributed by atoms with Crippen molar-refractivity contribution in [2.75, 3.05) is 18.5 Å². The zero-order chi connectivity index (χ0) is 11.3. The lowest BCUT2D eigenvalue weighted by Crippen LogP contribution is -2.31. The second-order valence-corrected chi connectivity index (χ2v) is 4.38. The fourth-order valence-electron chi connectivity index (χ4n) is 0.927. The van der Waals surface area contributed by atoms with Crippen LogP contribution in [0.15, 0.2) is 18.2 Å². The molecular formula is C9H10ClIN2O2. The van der Waals surface area contributed by atoms with Crippen LogP contribution in [0.3, 0.4) is 0 Å². The van der Waals surface area contributed by atoms with Crippen molar-refractivity contribution in [2.45, 2.75) is 0 Å². The fourth-order valence-corrected chi connectivity index (χ4v) is 1.83.